The average Bonchev–Trinajstić information content (AvgIpc) is 2.80. The number of esters is 1. The number of hydrazine groups is 1. The molecule has 0 bridgehead atoms. The first-order chi connectivity index (χ1) is 11.4. The topological polar surface area (TPSA) is 101 Å². The summed E-state index contributed by atoms with van der Waals surface area (Å²) in [5.74, 6) is -0.941. The number of carbonyl (C=O) groups excluding carboxylic acids is 3. The lowest BCUT2D eigenvalue weighted by Crippen LogP contribution is -2.45. The minimum atomic E-state index is -0.534. The number of carbonyl (C=O) groups is 3. The fourth-order valence-corrected chi connectivity index (χ4v) is 2.43. The first-order valence-corrected chi connectivity index (χ1v) is 7.69. The van der Waals surface area contributed by atoms with Crippen LogP contribution >= 0.6 is 0 Å². The zero-order valence-electron chi connectivity index (χ0n) is 14.6. The molecule has 0 saturated heterocycles. The number of aromatic nitrogens is 1. The van der Waals surface area contributed by atoms with Gasteiger partial charge in [-0.05, 0) is 33.8 Å². The molecule has 3 amide bonds. The van der Waals surface area contributed by atoms with E-state index in [9.17, 15) is 14.4 Å². The average molecular weight is 336 g/mol. The Labute approximate surface area is 141 Å². The molecule has 1 aromatic rings. The van der Waals surface area contributed by atoms with Crippen LogP contribution in [0.5, 0.6) is 0 Å². The minimum Gasteiger partial charge on any atom is -0.462 e. The predicted octanol–water partition coefficient (Wildman–Crippen LogP) is 1.27. The molecule has 0 saturated carbocycles. The summed E-state index contributed by atoms with van der Waals surface area (Å²) in [5, 5.41) is 2.31. The first kappa shape index (κ1) is 19.3. The Kier molecular flexibility index (Phi) is 7.03. The van der Waals surface area contributed by atoms with E-state index in [1.807, 2.05) is 25.3 Å². The second-order valence-corrected chi connectivity index (χ2v) is 4.95. The monoisotopic (exact) mass is 336 g/mol. The van der Waals surface area contributed by atoms with Gasteiger partial charge in [-0.15, -0.1) is 0 Å². The summed E-state index contributed by atoms with van der Waals surface area (Å²) in [5.41, 5.74) is 7.12. The zero-order valence-corrected chi connectivity index (χ0v) is 14.6. The smallest absolute Gasteiger partial charge is 0.340 e. The highest BCUT2D eigenvalue weighted by Crippen LogP contribution is 2.24. The maximum absolute atomic E-state index is 12.2. The zero-order chi connectivity index (χ0) is 18.3. The molecular formula is C16H24N4O4. The number of hydrogen-bond acceptors (Lipinski definition) is 4. The molecule has 0 aliphatic rings. The highest BCUT2D eigenvalue weighted by molar-refractivity contribution is 5.99. The van der Waals surface area contributed by atoms with Gasteiger partial charge in [-0.2, -0.15) is 0 Å². The van der Waals surface area contributed by atoms with Gasteiger partial charge in [0.1, 0.15) is 0 Å². The van der Waals surface area contributed by atoms with Crippen molar-refractivity contribution in [1.29, 1.82) is 0 Å². The van der Waals surface area contributed by atoms with Crippen LogP contribution in [0.3, 0.4) is 0 Å². The summed E-state index contributed by atoms with van der Waals surface area (Å²) < 4.78 is 7.09. The Hall–Kier alpha value is -2.77. The molecule has 1 aromatic heterocycles. The lowest BCUT2D eigenvalue weighted by Gasteiger charge is -2.05. The molecule has 0 atom stereocenters. The molecule has 0 spiro atoms. The number of rotatable bonds is 5. The molecule has 8 heteroatoms. The van der Waals surface area contributed by atoms with E-state index < -0.39 is 17.9 Å². The molecule has 0 aromatic carbocycles. The predicted molar refractivity (Wildman–Crippen MR) is 90.3 cm³/mol. The second-order valence-electron chi connectivity index (χ2n) is 4.95. The Morgan fingerprint density at radius 2 is 1.79 bits per heavy atom. The van der Waals surface area contributed by atoms with Gasteiger partial charge in [0.15, 0.2) is 0 Å². The van der Waals surface area contributed by atoms with E-state index in [1.165, 1.54) is 13.1 Å². The van der Waals surface area contributed by atoms with Crippen LogP contribution in [-0.4, -0.2) is 36.1 Å². The van der Waals surface area contributed by atoms with Crippen LogP contribution in [0.15, 0.2) is 6.08 Å². The molecule has 0 unspecified atom stereocenters. The number of hydrogen-bond donors (Lipinski definition) is 3. The summed E-state index contributed by atoms with van der Waals surface area (Å²) >= 11 is 0. The first-order valence-electron chi connectivity index (χ1n) is 7.69. The maximum atomic E-state index is 12.2. The van der Waals surface area contributed by atoms with Crippen LogP contribution in [0.2, 0.25) is 0 Å². The van der Waals surface area contributed by atoms with Crippen molar-refractivity contribution in [3.63, 3.8) is 0 Å². The molecule has 132 valence electrons. The Morgan fingerprint density at radius 1 is 1.12 bits per heavy atom. The summed E-state index contributed by atoms with van der Waals surface area (Å²) in [4.78, 5) is 35.0. The van der Waals surface area contributed by atoms with Gasteiger partial charge in [-0.25, -0.2) is 15.0 Å². The van der Waals surface area contributed by atoms with Crippen LogP contribution in [0, 0.1) is 13.8 Å². The fraction of sp³-hybridized carbons (Fsp3) is 0.438. The van der Waals surface area contributed by atoms with E-state index >= 15 is 0 Å². The van der Waals surface area contributed by atoms with E-state index in [2.05, 4.69) is 16.2 Å². The van der Waals surface area contributed by atoms with Gasteiger partial charge in [-0.1, -0.05) is 0 Å². The van der Waals surface area contributed by atoms with Crippen LogP contribution in [0.4, 0.5) is 4.79 Å². The minimum absolute atomic E-state index is 0.272. The number of amides is 3. The molecule has 24 heavy (non-hydrogen) atoms. The molecule has 8 nitrogen and oxygen atoms in total. The molecular weight excluding hydrogens is 312 g/mol. The summed E-state index contributed by atoms with van der Waals surface area (Å²) in [7, 11) is 1.43. The van der Waals surface area contributed by atoms with Gasteiger partial charge in [-0.3, -0.25) is 10.2 Å². The van der Waals surface area contributed by atoms with Crippen molar-refractivity contribution in [2.45, 2.75) is 34.2 Å². The van der Waals surface area contributed by atoms with Crippen molar-refractivity contribution in [3.8, 4) is 0 Å². The van der Waals surface area contributed by atoms with Crippen LogP contribution in [-0.2, 0) is 16.1 Å². The van der Waals surface area contributed by atoms with Crippen LogP contribution < -0.4 is 16.2 Å². The quantitative estimate of drug-likeness (QED) is 0.428. The van der Waals surface area contributed by atoms with Gasteiger partial charge in [0, 0.05) is 36.6 Å². The summed E-state index contributed by atoms with van der Waals surface area (Å²) in [6, 6.07) is -0.534. The van der Waals surface area contributed by atoms with Crippen molar-refractivity contribution < 1.29 is 19.1 Å². The highest BCUT2D eigenvalue weighted by Gasteiger charge is 2.22. The molecule has 0 fully saturated rings. The van der Waals surface area contributed by atoms with Gasteiger partial charge < -0.3 is 14.6 Å². The highest BCUT2D eigenvalue weighted by atomic mass is 16.5. The van der Waals surface area contributed by atoms with E-state index in [1.54, 1.807) is 13.0 Å². The lowest BCUT2D eigenvalue weighted by molar-refractivity contribution is -0.117. The number of urea groups is 1. The van der Waals surface area contributed by atoms with Crippen LogP contribution in [0.25, 0.3) is 6.08 Å². The third kappa shape index (κ3) is 4.37. The van der Waals surface area contributed by atoms with E-state index in [0.717, 1.165) is 11.4 Å². The Morgan fingerprint density at radius 3 is 2.33 bits per heavy atom. The summed E-state index contributed by atoms with van der Waals surface area (Å²) in [6.45, 7) is 8.40. The normalized spacial score (nSPS) is 10.5. The third-order valence-electron chi connectivity index (χ3n) is 3.55. The lowest BCUT2D eigenvalue weighted by atomic mass is 10.1. The number of ether oxygens (including phenoxy) is 1. The van der Waals surface area contributed by atoms with Crippen molar-refractivity contribution in [2.24, 2.45) is 0 Å². The van der Waals surface area contributed by atoms with Crippen LogP contribution in [0.1, 0.15) is 41.2 Å². The fourth-order valence-electron chi connectivity index (χ4n) is 2.43. The third-order valence-corrected chi connectivity index (χ3v) is 3.55. The SMILES string of the molecule is CCOC(=O)c1c(/C=C/C(=O)NNC(=O)NC)c(C)n(CC)c1C. The van der Waals surface area contributed by atoms with Gasteiger partial charge in [0.05, 0.1) is 12.2 Å². The molecule has 3 N–H and O–H groups in total. The molecule has 0 radical (unpaired) electrons. The van der Waals surface area contributed by atoms with Gasteiger partial charge in [0.25, 0.3) is 5.91 Å². The van der Waals surface area contributed by atoms with E-state index in [-0.39, 0.29) is 6.61 Å². The Bertz CT molecular complexity index is 662. The number of nitrogens with zero attached hydrogens (tertiary/aromatic N) is 1. The van der Waals surface area contributed by atoms with Crippen molar-refractivity contribution in [1.82, 2.24) is 20.7 Å². The van der Waals surface area contributed by atoms with Gasteiger partial charge >= 0.3 is 12.0 Å². The van der Waals surface area contributed by atoms with Crippen molar-refractivity contribution >= 4 is 24.0 Å². The maximum Gasteiger partial charge on any atom is 0.340 e. The molecule has 1 rings (SSSR count). The van der Waals surface area contributed by atoms with Gasteiger partial charge in [0.2, 0.25) is 0 Å². The van der Waals surface area contributed by atoms with Crippen molar-refractivity contribution in [2.75, 3.05) is 13.7 Å². The Balaban J connectivity index is 3.09. The molecule has 0 aliphatic heterocycles. The molecule has 1 heterocycles. The largest absolute Gasteiger partial charge is 0.462 e. The second kappa shape index (κ2) is 8.76. The molecule has 0 aliphatic carbocycles. The standard InChI is InChI=1S/C16H24N4O4/c1-6-20-10(3)12(14(11(20)4)15(22)24-7-2)8-9-13(21)18-19-16(23)17-5/h8-9H,6-7H2,1-5H3,(H,18,21)(H2,17,19,23)/b9-8+. The van der Waals surface area contributed by atoms with Crippen molar-refractivity contribution in [3.05, 3.63) is 28.6 Å². The number of nitrogens with one attached hydrogen (secondary N) is 3. The van der Waals surface area contributed by atoms with E-state index in [4.69, 9.17) is 4.74 Å². The summed E-state index contributed by atoms with van der Waals surface area (Å²) in [6.07, 6.45) is 2.79. The van der Waals surface area contributed by atoms with E-state index in [0.29, 0.717) is 17.7 Å².